The van der Waals surface area contributed by atoms with Gasteiger partial charge in [0.25, 0.3) is 0 Å². The lowest BCUT2D eigenvalue weighted by Gasteiger charge is -2.22. The second-order valence-electron chi connectivity index (χ2n) is 6.08. The molecule has 106 valence electrons. The van der Waals surface area contributed by atoms with Crippen LogP contribution in [0.3, 0.4) is 0 Å². The zero-order valence-electron chi connectivity index (χ0n) is 12.1. The fraction of sp³-hybridized carbons (Fsp3) is 0.714. The van der Waals surface area contributed by atoms with Crippen LogP contribution in [0.4, 0.5) is 5.82 Å². The third kappa shape index (κ3) is 3.45. The summed E-state index contributed by atoms with van der Waals surface area (Å²) in [6.07, 6.45) is 2.00. The van der Waals surface area contributed by atoms with E-state index < -0.39 is 0 Å². The van der Waals surface area contributed by atoms with Gasteiger partial charge in [-0.3, -0.25) is 0 Å². The Balaban J connectivity index is 2.33. The topological polar surface area (TPSA) is 47.0 Å². The Hall–Kier alpha value is -0.680. The monoisotopic (exact) mass is 327 g/mol. The van der Waals surface area contributed by atoms with Gasteiger partial charge in [0.2, 0.25) is 0 Å². The maximum absolute atomic E-state index is 5.43. The first-order valence-electron chi connectivity index (χ1n) is 6.74. The molecule has 0 aliphatic carbocycles. The SMILES string of the molecule is CNc1nc(CC2CCOC2)nc(C(C)(C)C)c1Br. The molecule has 0 amide bonds. The highest BCUT2D eigenvalue weighted by Gasteiger charge is 2.24. The van der Waals surface area contributed by atoms with E-state index in [0.29, 0.717) is 5.92 Å². The molecular weight excluding hydrogens is 306 g/mol. The third-order valence-corrected chi connectivity index (χ3v) is 4.09. The van der Waals surface area contributed by atoms with Gasteiger partial charge in [-0.05, 0) is 28.3 Å². The predicted molar refractivity (Wildman–Crippen MR) is 80.6 cm³/mol. The molecule has 2 heterocycles. The Bertz CT molecular complexity index is 451. The average Bonchev–Trinajstić information content (AvgIpc) is 2.82. The summed E-state index contributed by atoms with van der Waals surface area (Å²) in [5.41, 5.74) is 1.05. The molecule has 0 bridgehead atoms. The normalized spacial score (nSPS) is 19.7. The summed E-state index contributed by atoms with van der Waals surface area (Å²) in [7, 11) is 1.89. The van der Waals surface area contributed by atoms with Crippen molar-refractivity contribution in [1.82, 2.24) is 9.97 Å². The third-order valence-electron chi connectivity index (χ3n) is 3.34. The van der Waals surface area contributed by atoms with Crippen molar-refractivity contribution in [3.8, 4) is 0 Å². The number of rotatable bonds is 3. The van der Waals surface area contributed by atoms with Gasteiger partial charge in [-0.1, -0.05) is 20.8 Å². The molecule has 0 radical (unpaired) electrons. The zero-order valence-corrected chi connectivity index (χ0v) is 13.7. The van der Waals surface area contributed by atoms with Gasteiger partial charge in [0, 0.05) is 32.1 Å². The molecule has 1 fully saturated rings. The van der Waals surface area contributed by atoms with Crippen LogP contribution >= 0.6 is 15.9 Å². The van der Waals surface area contributed by atoms with Crippen LogP contribution in [0.25, 0.3) is 0 Å². The second-order valence-corrected chi connectivity index (χ2v) is 6.88. The van der Waals surface area contributed by atoms with E-state index in [1.165, 1.54) is 0 Å². The van der Waals surface area contributed by atoms with E-state index >= 15 is 0 Å². The van der Waals surface area contributed by atoms with Crippen LogP contribution in [0.15, 0.2) is 4.47 Å². The van der Waals surface area contributed by atoms with Gasteiger partial charge in [0.15, 0.2) is 0 Å². The highest BCUT2D eigenvalue weighted by molar-refractivity contribution is 9.10. The molecule has 1 atom stereocenters. The minimum absolute atomic E-state index is 0.00566. The molecule has 0 saturated carbocycles. The van der Waals surface area contributed by atoms with Crippen molar-refractivity contribution in [2.45, 2.75) is 39.0 Å². The summed E-state index contributed by atoms with van der Waals surface area (Å²) >= 11 is 3.61. The van der Waals surface area contributed by atoms with Crippen molar-refractivity contribution in [1.29, 1.82) is 0 Å². The lowest BCUT2D eigenvalue weighted by Crippen LogP contribution is -2.19. The molecule has 19 heavy (non-hydrogen) atoms. The maximum Gasteiger partial charge on any atom is 0.144 e. The first kappa shape index (κ1) is 14.7. The van der Waals surface area contributed by atoms with E-state index in [9.17, 15) is 0 Å². The van der Waals surface area contributed by atoms with Crippen molar-refractivity contribution in [2.75, 3.05) is 25.6 Å². The van der Waals surface area contributed by atoms with E-state index in [4.69, 9.17) is 9.72 Å². The minimum atomic E-state index is -0.00566. The van der Waals surface area contributed by atoms with E-state index in [1.807, 2.05) is 7.05 Å². The minimum Gasteiger partial charge on any atom is -0.381 e. The van der Waals surface area contributed by atoms with Gasteiger partial charge in [0.05, 0.1) is 10.2 Å². The van der Waals surface area contributed by atoms with Crippen LogP contribution in [-0.4, -0.2) is 30.2 Å². The van der Waals surface area contributed by atoms with E-state index in [1.54, 1.807) is 0 Å². The van der Waals surface area contributed by atoms with Gasteiger partial charge >= 0.3 is 0 Å². The number of halogens is 1. The largest absolute Gasteiger partial charge is 0.381 e. The Kier molecular flexibility index (Phi) is 4.46. The van der Waals surface area contributed by atoms with Crippen LogP contribution in [-0.2, 0) is 16.6 Å². The van der Waals surface area contributed by atoms with Crippen molar-refractivity contribution in [2.24, 2.45) is 5.92 Å². The Morgan fingerprint density at radius 1 is 1.37 bits per heavy atom. The van der Waals surface area contributed by atoms with Crippen LogP contribution in [0.2, 0.25) is 0 Å². The number of hydrogen-bond acceptors (Lipinski definition) is 4. The number of aromatic nitrogens is 2. The van der Waals surface area contributed by atoms with Crippen molar-refractivity contribution in [3.63, 3.8) is 0 Å². The van der Waals surface area contributed by atoms with E-state index in [0.717, 1.165) is 47.9 Å². The molecule has 1 aliphatic rings. The molecule has 2 rings (SSSR count). The fourth-order valence-corrected chi connectivity index (χ4v) is 3.22. The Morgan fingerprint density at radius 2 is 2.11 bits per heavy atom. The van der Waals surface area contributed by atoms with E-state index in [-0.39, 0.29) is 5.41 Å². The van der Waals surface area contributed by atoms with Crippen molar-refractivity contribution in [3.05, 3.63) is 16.0 Å². The highest BCUT2D eigenvalue weighted by Crippen LogP contribution is 2.32. The molecule has 5 heteroatoms. The smallest absolute Gasteiger partial charge is 0.144 e. The molecule has 1 aromatic rings. The molecule has 1 saturated heterocycles. The maximum atomic E-state index is 5.43. The lowest BCUT2D eigenvalue weighted by atomic mass is 9.91. The number of anilines is 1. The van der Waals surface area contributed by atoms with E-state index in [2.05, 4.69) is 47.0 Å². The molecule has 0 aromatic carbocycles. The summed E-state index contributed by atoms with van der Waals surface area (Å²) in [6.45, 7) is 8.21. The highest BCUT2D eigenvalue weighted by atomic mass is 79.9. The van der Waals surface area contributed by atoms with Gasteiger partial charge in [-0.25, -0.2) is 9.97 Å². The number of ether oxygens (including phenoxy) is 1. The summed E-state index contributed by atoms with van der Waals surface area (Å²) in [4.78, 5) is 9.37. The summed E-state index contributed by atoms with van der Waals surface area (Å²) < 4.78 is 6.39. The molecule has 1 N–H and O–H groups in total. The Labute approximate surface area is 123 Å². The fourth-order valence-electron chi connectivity index (χ4n) is 2.25. The predicted octanol–water partition coefficient (Wildman–Crippen LogP) is 3.16. The number of nitrogens with one attached hydrogen (secondary N) is 1. The van der Waals surface area contributed by atoms with Crippen LogP contribution < -0.4 is 5.32 Å². The first-order chi connectivity index (χ1) is 8.91. The molecule has 4 nitrogen and oxygen atoms in total. The zero-order chi connectivity index (χ0) is 14.0. The number of hydrogen-bond donors (Lipinski definition) is 1. The molecular formula is C14H22BrN3O. The molecule has 0 spiro atoms. The van der Waals surface area contributed by atoms with Gasteiger partial charge < -0.3 is 10.1 Å². The van der Waals surface area contributed by atoms with Crippen LogP contribution in [0, 0.1) is 5.92 Å². The second kappa shape index (κ2) is 5.75. The molecule has 1 unspecified atom stereocenters. The number of nitrogens with zero attached hydrogens (tertiary/aromatic N) is 2. The first-order valence-corrected chi connectivity index (χ1v) is 7.53. The van der Waals surface area contributed by atoms with Crippen LogP contribution in [0.5, 0.6) is 0 Å². The van der Waals surface area contributed by atoms with Crippen molar-refractivity contribution < 1.29 is 4.74 Å². The standard InChI is InChI=1S/C14H22BrN3O/c1-14(2,3)12-11(15)13(16-4)18-10(17-12)7-9-5-6-19-8-9/h9H,5-8H2,1-4H3,(H,16,17,18). The average molecular weight is 328 g/mol. The van der Waals surface area contributed by atoms with Crippen molar-refractivity contribution >= 4 is 21.7 Å². The summed E-state index contributed by atoms with van der Waals surface area (Å²) in [5.74, 6) is 2.33. The quantitative estimate of drug-likeness (QED) is 0.926. The van der Waals surface area contributed by atoms with Gasteiger partial charge in [-0.15, -0.1) is 0 Å². The summed E-state index contributed by atoms with van der Waals surface area (Å²) in [5, 5.41) is 3.14. The Morgan fingerprint density at radius 3 is 2.63 bits per heavy atom. The van der Waals surface area contributed by atoms with Crippen LogP contribution in [0.1, 0.15) is 38.7 Å². The molecule has 1 aromatic heterocycles. The summed E-state index contributed by atoms with van der Waals surface area (Å²) in [6, 6.07) is 0. The molecule has 1 aliphatic heterocycles. The lowest BCUT2D eigenvalue weighted by molar-refractivity contribution is 0.185. The van der Waals surface area contributed by atoms with Gasteiger partial charge in [-0.2, -0.15) is 0 Å². The van der Waals surface area contributed by atoms with Gasteiger partial charge in [0.1, 0.15) is 11.6 Å².